The summed E-state index contributed by atoms with van der Waals surface area (Å²) in [4.78, 5) is 7.70. The second kappa shape index (κ2) is 14.9. The van der Waals surface area contributed by atoms with Crippen LogP contribution in [-0.4, -0.2) is 49.4 Å². The maximum absolute atomic E-state index is 13.0. The van der Waals surface area contributed by atoms with Gasteiger partial charge in [-0.3, -0.25) is 0 Å². The zero-order chi connectivity index (χ0) is 32.6. The first-order chi connectivity index (χ1) is 22.1. The third-order valence-corrected chi connectivity index (χ3v) is 7.16. The summed E-state index contributed by atoms with van der Waals surface area (Å²) in [6.07, 6.45) is -6.39. The molecule has 8 nitrogen and oxygen atoms in total. The first-order valence-corrected chi connectivity index (χ1v) is 14.5. The van der Waals surface area contributed by atoms with Crippen molar-refractivity contribution in [3.8, 4) is 0 Å². The van der Waals surface area contributed by atoms with Gasteiger partial charge in [-0.1, -0.05) is 24.3 Å². The van der Waals surface area contributed by atoms with E-state index in [1.54, 1.807) is 24.3 Å². The number of ether oxygens (including phenoxy) is 2. The Morgan fingerprint density at radius 3 is 1.72 bits per heavy atom. The zero-order valence-corrected chi connectivity index (χ0v) is 24.5. The molecule has 2 saturated heterocycles. The lowest BCUT2D eigenvalue weighted by Gasteiger charge is -2.24. The molecule has 14 heteroatoms. The number of rotatable bonds is 6. The smallest absolute Gasteiger partial charge is 0.371 e. The molecule has 0 amide bonds. The highest BCUT2D eigenvalue weighted by Gasteiger charge is 2.34. The van der Waals surface area contributed by atoms with Crippen LogP contribution in [0.15, 0.2) is 85.2 Å². The number of nitrogens with one attached hydrogen (secondary N) is 4. The second-order valence-electron chi connectivity index (χ2n) is 10.4. The van der Waals surface area contributed by atoms with Gasteiger partial charge in [0.05, 0.1) is 36.5 Å². The third kappa shape index (κ3) is 9.16. The molecule has 4 heterocycles. The molecule has 6 rings (SSSR count). The number of halogens is 6. The summed E-state index contributed by atoms with van der Waals surface area (Å²) in [5.41, 5.74) is 1.71. The molecule has 2 fully saturated rings. The molecule has 4 N–H and O–H groups in total. The Kier molecular flexibility index (Phi) is 10.7. The molecular formula is C32H32F6N6O2. The van der Waals surface area contributed by atoms with Gasteiger partial charge in [-0.15, -0.1) is 0 Å². The summed E-state index contributed by atoms with van der Waals surface area (Å²) >= 11 is 0. The van der Waals surface area contributed by atoms with E-state index in [-0.39, 0.29) is 23.8 Å². The third-order valence-electron chi connectivity index (χ3n) is 7.16. The van der Waals surface area contributed by atoms with Crippen molar-refractivity contribution in [2.45, 2.75) is 24.6 Å². The molecule has 4 aromatic rings. The van der Waals surface area contributed by atoms with Gasteiger partial charge in [0, 0.05) is 49.9 Å². The van der Waals surface area contributed by atoms with Crippen LogP contribution in [0.25, 0.3) is 0 Å². The fourth-order valence-electron chi connectivity index (χ4n) is 4.81. The van der Waals surface area contributed by atoms with Crippen LogP contribution in [0.3, 0.4) is 0 Å². The van der Waals surface area contributed by atoms with Crippen molar-refractivity contribution >= 4 is 23.0 Å². The number of hydrogen-bond acceptors (Lipinski definition) is 8. The SMILES string of the molecule is FC(F)(F)c1cccnc1Nc1ccc([C@H]2CNCCO2)cc1.FC(F)(F)c1ccnc(Nc2ccc([C@H]3CNCCO3)cc2)c1. The van der Waals surface area contributed by atoms with Crippen molar-refractivity contribution < 1.29 is 35.8 Å². The topological polar surface area (TPSA) is 92.4 Å². The minimum Gasteiger partial charge on any atom is -0.371 e. The largest absolute Gasteiger partial charge is 0.419 e. The van der Waals surface area contributed by atoms with Crippen molar-refractivity contribution in [2.24, 2.45) is 0 Å². The van der Waals surface area contributed by atoms with Crippen LogP contribution in [-0.2, 0) is 21.8 Å². The van der Waals surface area contributed by atoms with E-state index < -0.39 is 23.5 Å². The van der Waals surface area contributed by atoms with Gasteiger partial charge in [-0.2, -0.15) is 26.3 Å². The molecule has 46 heavy (non-hydrogen) atoms. The van der Waals surface area contributed by atoms with Crippen LogP contribution in [0, 0.1) is 0 Å². The van der Waals surface area contributed by atoms with E-state index in [0.29, 0.717) is 24.6 Å². The monoisotopic (exact) mass is 646 g/mol. The fourth-order valence-corrected chi connectivity index (χ4v) is 4.81. The fraction of sp³-hybridized carbons (Fsp3) is 0.312. The number of nitrogens with zero attached hydrogens (tertiary/aromatic N) is 2. The second-order valence-corrected chi connectivity index (χ2v) is 10.4. The van der Waals surface area contributed by atoms with Crippen LogP contribution in [0.5, 0.6) is 0 Å². The van der Waals surface area contributed by atoms with Gasteiger partial charge in [0.15, 0.2) is 0 Å². The molecule has 2 aliphatic rings. The maximum atomic E-state index is 13.0. The van der Waals surface area contributed by atoms with E-state index in [2.05, 4.69) is 31.2 Å². The molecule has 0 unspecified atom stereocenters. The Morgan fingerprint density at radius 2 is 1.22 bits per heavy atom. The van der Waals surface area contributed by atoms with E-state index in [4.69, 9.17) is 9.47 Å². The van der Waals surface area contributed by atoms with E-state index in [9.17, 15) is 26.3 Å². The normalized spacial score (nSPS) is 18.7. The van der Waals surface area contributed by atoms with Gasteiger partial charge in [0.25, 0.3) is 0 Å². The Labute approximate surface area is 261 Å². The van der Waals surface area contributed by atoms with Crippen LogP contribution in [0.2, 0.25) is 0 Å². The van der Waals surface area contributed by atoms with Crippen LogP contribution in [0.4, 0.5) is 49.4 Å². The zero-order valence-electron chi connectivity index (χ0n) is 24.5. The van der Waals surface area contributed by atoms with Gasteiger partial charge in [0.2, 0.25) is 0 Å². The molecular weight excluding hydrogens is 614 g/mol. The minimum atomic E-state index is -4.45. The van der Waals surface area contributed by atoms with E-state index in [1.165, 1.54) is 12.3 Å². The molecule has 0 aliphatic carbocycles. The maximum Gasteiger partial charge on any atom is 0.419 e. The number of alkyl halides is 6. The van der Waals surface area contributed by atoms with Crippen LogP contribution in [0.1, 0.15) is 34.5 Å². The number of benzene rings is 2. The van der Waals surface area contributed by atoms with Crippen molar-refractivity contribution in [1.29, 1.82) is 0 Å². The number of aromatic nitrogens is 2. The summed E-state index contributed by atoms with van der Waals surface area (Å²) < 4.78 is 88.2. The van der Waals surface area contributed by atoms with E-state index >= 15 is 0 Å². The van der Waals surface area contributed by atoms with Crippen LogP contribution < -0.4 is 21.3 Å². The van der Waals surface area contributed by atoms with Crippen molar-refractivity contribution in [3.05, 3.63) is 107 Å². The lowest BCUT2D eigenvalue weighted by atomic mass is 10.1. The molecule has 2 atom stereocenters. The Hall–Kier alpha value is -4.24. The highest BCUT2D eigenvalue weighted by molar-refractivity contribution is 5.60. The molecule has 2 aromatic heterocycles. The highest BCUT2D eigenvalue weighted by atomic mass is 19.4. The van der Waals surface area contributed by atoms with Gasteiger partial charge >= 0.3 is 12.4 Å². The quantitative estimate of drug-likeness (QED) is 0.166. The van der Waals surface area contributed by atoms with Crippen molar-refractivity contribution in [1.82, 2.24) is 20.6 Å². The van der Waals surface area contributed by atoms with Crippen molar-refractivity contribution in [2.75, 3.05) is 50.0 Å². The van der Waals surface area contributed by atoms with Crippen LogP contribution >= 0.6 is 0 Å². The van der Waals surface area contributed by atoms with Crippen molar-refractivity contribution in [3.63, 3.8) is 0 Å². The first-order valence-electron chi connectivity index (χ1n) is 14.5. The predicted octanol–water partition coefficient (Wildman–Crippen LogP) is 7.01. The number of morpholine rings is 2. The predicted molar refractivity (Wildman–Crippen MR) is 161 cm³/mol. The first kappa shape index (κ1) is 33.1. The van der Waals surface area contributed by atoms with Gasteiger partial charge in [-0.05, 0) is 59.7 Å². The van der Waals surface area contributed by atoms with Gasteiger partial charge in [-0.25, -0.2) is 9.97 Å². The molecule has 0 saturated carbocycles. The highest BCUT2D eigenvalue weighted by Crippen LogP contribution is 2.35. The summed E-state index contributed by atoms with van der Waals surface area (Å²) in [5.74, 6) is -0.0495. The lowest BCUT2D eigenvalue weighted by Crippen LogP contribution is -2.33. The average Bonchev–Trinajstić information content (AvgIpc) is 3.06. The Morgan fingerprint density at radius 1 is 0.652 bits per heavy atom. The molecule has 244 valence electrons. The summed E-state index contributed by atoms with van der Waals surface area (Å²) in [6, 6.07) is 18.7. The summed E-state index contributed by atoms with van der Waals surface area (Å²) in [6.45, 7) is 4.47. The van der Waals surface area contributed by atoms with Gasteiger partial charge in [0.1, 0.15) is 11.6 Å². The van der Waals surface area contributed by atoms with Gasteiger partial charge < -0.3 is 30.7 Å². The van der Waals surface area contributed by atoms with E-state index in [1.807, 2.05) is 24.3 Å². The average molecular weight is 647 g/mol. The standard InChI is InChI=1S/2C16H16F3N3O/c17-16(18,19)12-5-6-21-15(9-12)22-13-3-1-11(2-4-13)14-10-20-7-8-23-14;17-16(18,19)13-2-1-7-21-15(13)22-12-5-3-11(4-6-12)14-10-20-8-9-23-14/h1-6,9,14,20H,7-8,10H2,(H,21,22);1-7,14,20H,8-10H2,(H,21,22)/t2*14-/m11/s1. The summed E-state index contributed by atoms with van der Waals surface area (Å²) in [7, 11) is 0. The number of hydrogen-bond donors (Lipinski definition) is 4. The number of pyridine rings is 2. The number of anilines is 4. The Balaban J connectivity index is 0.000000181. The molecule has 0 radical (unpaired) electrons. The Bertz CT molecular complexity index is 1540. The minimum absolute atomic E-state index is 0.00415. The molecule has 0 bridgehead atoms. The molecule has 2 aliphatic heterocycles. The summed E-state index contributed by atoms with van der Waals surface area (Å²) in [5, 5.41) is 12.1. The van der Waals surface area contributed by atoms with E-state index in [0.717, 1.165) is 61.7 Å². The lowest BCUT2D eigenvalue weighted by molar-refractivity contribution is -0.138. The molecule has 0 spiro atoms. The molecule has 2 aromatic carbocycles.